The molecule has 1 aromatic heterocycles. The molecule has 4 aromatic rings. The summed E-state index contributed by atoms with van der Waals surface area (Å²) in [6.45, 7) is 0.0386. The SMILES string of the molecule is COc1cccc(CSc2nnc(CNC(=O)Nc3ccc(Cl)c(Cl)c3)n2-c2ccc([N+](=O)[O-])cc2)c1. The van der Waals surface area contributed by atoms with E-state index in [1.165, 1.54) is 30.0 Å². The summed E-state index contributed by atoms with van der Waals surface area (Å²) < 4.78 is 7.03. The van der Waals surface area contributed by atoms with E-state index in [1.807, 2.05) is 24.3 Å². The predicted molar refractivity (Wildman–Crippen MR) is 143 cm³/mol. The number of nitro groups is 1. The van der Waals surface area contributed by atoms with Crippen LogP contribution in [0.15, 0.2) is 71.9 Å². The molecule has 0 spiro atoms. The number of nitrogens with one attached hydrogen (secondary N) is 2. The van der Waals surface area contributed by atoms with Gasteiger partial charge in [-0.3, -0.25) is 14.7 Å². The molecule has 4 rings (SSSR count). The van der Waals surface area contributed by atoms with Gasteiger partial charge in [0.15, 0.2) is 11.0 Å². The Morgan fingerprint density at radius 2 is 1.86 bits per heavy atom. The lowest BCUT2D eigenvalue weighted by molar-refractivity contribution is -0.384. The topological polar surface area (TPSA) is 124 Å². The predicted octanol–water partition coefficient (Wildman–Crippen LogP) is 6.10. The van der Waals surface area contributed by atoms with Gasteiger partial charge in [0.25, 0.3) is 5.69 Å². The first-order valence-corrected chi connectivity index (χ1v) is 12.5. The van der Waals surface area contributed by atoms with Crippen LogP contribution in [0.2, 0.25) is 10.0 Å². The summed E-state index contributed by atoms with van der Waals surface area (Å²) in [5, 5.41) is 26.3. The molecule has 0 aliphatic rings. The average molecular weight is 559 g/mol. The summed E-state index contributed by atoms with van der Waals surface area (Å²) in [6, 6.07) is 17.9. The number of rotatable bonds is 9. The van der Waals surface area contributed by atoms with Gasteiger partial charge in [0, 0.05) is 29.3 Å². The maximum Gasteiger partial charge on any atom is 0.319 e. The van der Waals surface area contributed by atoms with Crippen LogP contribution in [0.3, 0.4) is 0 Å². The molecule has 0 aliphatic carbocycles. The van der Waals surface area contributed by atoms with Crippen LogP contribution in [0.1, 0.15) is 11.4 Å². The Morgan fingerprint density at radius 1 is 1.08 bits per heavy atom. The molecule has 0 aliphatic heterocycles. The van der Waals surface area contributed by atoms with E-state index in [1.54, 1.807) is 35.9 Å². The summed E-state index contributed by atoms with van der Waals surface area (Å²) >= 11 is 13.4. The van der Waals surface area contributed by atoms with Gasteiger partial charge in [-0.2, -0.15) is 0 Å². The molecule has 10 nitrogen and oxygen atoms in total. The van der Waals surface area contributed by atoms with Crippen LogP contribution >= 0.6 is 35.0 Å². The van der Waals surface area contributed by atoms with E-state index >= 15 is 0 Å². The number of hydrogen-bond donors (Lipinski definition) is 2. The number of carbonyl (C=O) groups is 1. The summed E-state index contributed by atoms with van der Waals surface area (Å²) in [5.41, 5.74) is 2.06. The first-order valence-electron chi connectivity index (χ1n) is 10.8. The molecule has 13 heteroatoms. The van der Waals surface area contributed by atoms with Gasteiger partial charge in [0.05, 0.1) is 28.6 Å². The van der Waals surface area contributed by atoms with Crippen molar-refractivity contribution in [2.45, 2.75) is 17.5 Å². The van der Waals surface area contributed by atoms with E-state index in [4.69, 9.17) is 27.9 Å². The van der Waals surface area contributed by atoms with Crippen molar-refractivity contribution in [2.75, 3.05) is 12.4 Å². The van der Waals surface area contributed by atoms with Crippen molar-refractivity contribution in [1.82, 2.24) is 20.1 Å². The summed E-state index contributed by atoms with van der Waals surface area (Å²) in [7, 11) is 1.61. The second-order valence-electron chi connectivity index (χ2n) is 7.58. The van der Waals surface area contributed by atoms with Gasteiger partial charge in [0.2, 0.25) is 0 Å². The van der Waals surface area contributed by atoms with Gasteiger partial charge >= 0.3 is 6.03 Å². The van der Waals surface area contributed by atoms with Gasteiger partial charge < -0.3 is 15.4 Å². The average Bonchev–Trinajstić information content (AvgIpc) is 3.31. The van der Waals surface area contributed by atoms with Gasteiger partial charge in [0.1, 0.15) is 5.75 Å². The first-order chi connectivity index (χ1) is 17.8. The number of hydrogen-bond acceptors (Lipinski definition) is 7. The highest BCUT2D eigenvalue weighted by molar-refractivity contribution is 7.98. The molecule has 1 heterocycles. The maximum atomic E-state index is 12.5. The number of aromatic nitrogens is 3. The largest absolute Gasteiger partial charge is 0.497 e. The van der Waals surface area contributed by atoms with E-state index in [-0.39, 0.29) is 12.2 Å². The first kappa shape index (κ1) is 26.3. The lowest BCUT2D eigenvalue weighted by Crippen LogP contribution is -2.29. The number of nitro benzene ring substituents is 1. The number of carbonyl (C=O) groups excluding carboxylic acids is 1. The number of halogens is 2. The molecule has 0 radical (unpaired) electrons. The van der Waals surface area contributed by atoms with Crippen LogP contribution < -0.4 is 15.4 Å². The number of methoxy groups -OCH3 is 1. The number of amides is 2. The van der Waals surface area contributed by atoms with Crippen molar-refractivity contribution >= 4 is 52.4 Å². The Morgan fingerprint density at radius 3 is 2.57 bits per heavy atom. The minimum Gasteiger partial charge on any atom is -0.497 e. The lowest BCUT2D eigenvalue weighted by atomic mass is 10.2. The Kier molecular flexibility index (Phi) is 8.49. The van der Waals surface area contributed by atoms with Crippen LogP contribution in [0.25, 0.3) is 5.69 Å². The molecule has 0 unspecified atom stereocenters. The van der Waals surface area contributed by atoms with Crippen molar-refractivity contribution in [3.63, 3.8) is 0 Å². The van der Waals surface area contributed by atoms with Crippen LogP contribution in [0.4, 0.5) is 16.2 Å². The molecule has 2 N–H and O–H groups in total. The molecule has 0 bridgehead atoms. The van der Waals surface area contributed by atoms with E-state index < -0.39 is 11.0 Å². The summed E-state index contributed by atoms with van der Waals surface area (Å²) in [5.74, 6) is 1.76. The Hall–Kier alpha value is -3.80. The van der Waals surface area contributed by atoms with Gasteiger partial charge in [-0.15, -0.1) is 10.2 Å². The third-order valence-electron chi connectivity index (χ3n) is 5.11. The quantitative estimate of drug-likeness (QED) is 0.144. The van der Waals surface area contributed by atoms with E-state index in [9.17, 15) is 14.9 Å². The maximum absolute atomic E-state index is 12.5. The molecule has 0 saturated carbocycles. The number of urea groups is 1. The fraction of sp³-hybridized carbons (Fsp3) is 0.125. The van der Waals surface area contributed by atoms with Crippen LogP contribution in [0, 0.1) is 10.1 Å². The number of thioether (sulfide) groups is 1. The Balaban J connectivity index is 1.54. The summed E-state index contributed by atoms with van der Waals surface area (Å²) in [4.78, 5) is 23.1. The molecule has 3 aromatic carbocycles. The fourth-order valence-corrected chi connectivity index (χ4v) is 4.52. The third kappa shape index (κ3) is 6.70. The Labute approximate surface area is 226 Å². The molecular formula is C24H20Cl2N6O4S. The standard InChI is InChI=1S/C24H20Cl2N6O4S/c1-36-19-4-2-3-15(11-19)14-37-24-30-29-22(31(24)17-6-8-18(9-7-17)32(34)35)13-27-23(33)28-16-5-10-20(25)21(26)12-16/h2-12H,13-14H2,1H3,(H2,27,28,33). The van der Waals surface area contributed by atoms with Crippen molar-refractivity contribution in [1.29, 1.82) is 0 Å². The van der Waals surface area contributed by atoms with Crippen LogP contribution in [-0.4, -0.2) is 32.8 Å². The highest BCUT2D eigenvalue weighted by Crippen LogP contribution is 2.28. The van der Waals surface area contributed by atoms with Crippen molar-refractivity contribution in [3.8, 4) is 11.4 Å². The number of ether oxygens (including phenoxy) is 1. The number of anilines is 1. The smallest absolute Gasteiger partial charge is 0.319 e. The zero-order valence-electron chi connectivity index (χ0n) is 19.4. The number of nitrogens with zero attached hydrogens (tertiary/aromatic N) is 4. The highest BCUT2D eigenvalue weighted by Gasteiger charge is 2.17. The molecule has 0 fully saturated rings. The number of non-ortho nitro benzene ring substituents is 1. The molecular weight excluding hydrogens is 539 g/mol. The van der Waals surface area contributed by atoms with Crippen molar-refractivity contribution in [2.24, 2.45) is 0 Å². The molecule has 37 heavy (non-hydrogen) atoms. The minimum atomic E-state index is -0.484. The lowest BCUT2D eigenvalue weighted by Gasteiger charge is -2.12. The third-order valence-corrected chi connectivity index (χ3v) is 6.84. The fourth-order valence-electron chi connectivity index (χ4n) is 3.31. The van der Waals surface area contributed by atoms with E-state index in [2.05, 4.69) is 20.8 Å². The monoisotopic (exact) mass is 558 g/mol. The number of benzene rings is 3. The van der Waals surface area contributed by atoms with Gasteiger partial charge in [-0.1, -0.05) is 47.1 Å². The zero-order valence-corrected chi connectivity index (χ0v) is 21.7. The van der Waals surface area contributed by atoms with Gasteiger partial charge in [-0.25, -0.2) is 4.79 Å². The highest BCUT2D eigenvalue weighted by atomic mass is 35.5. The second-order valence-corrected chi connectivity index (χ2v) is 9.34. The van der Waals surface area contributed by atoms with Crippen LogP contribution in [0.5, 0.6) is 5.75 Å². The van der Waals surface area contributed by atoms with Crippen molar-refractivity contribution < 1.29 is 14.5 Å². The minimum absolute atomic E-state index is 0.0386. The van der Waals surface area contributed by atoms with Crippen molar-refractivity contribution in [3.05, 3.63) is 98.3 Å². The molecule has 0 saturated heterocycles. The van der Waals surface area contributed by atoms with Crippen LogP contribution in [-0.2, 0) is 12.3 Å². The van der Waals surface area contributed by atoms with Gasteiger partial charge in [-0.05, 0) is 48.0 Å². The molecule has 190 valence electrons. The Bertz CT molecular complexity index is 1430. The molecule has 2 amide bonds. The zero-order chi connectivity index (χ0) is 26.4. The summed E-state index contributed by atoms with van der Waals surface area (Å²) in [6.07, 6.45) is 0. The van der Waals surface area contributed by atoms with E-state index in [0.29, 0.717) is 38.2 Å². The normalized spacial score (nSPS) is 10.7. The molecule has 0 atom stereocenters. The second kappa shape index (κ2) is 12.0. The van der Waals surface area contributed by atoms with E-state index in [0.717, 1.165) is 11.3 Å².